The third-order valence-corrected chi connectivity index (χ3v) is 5.59. The monoisotopic (exact) mass is 366 g/mol. The summed E-state index contributed by atoms with van der Waals surface area (Å²) in [4.78, 5) is 14.3. The second-order valence-electron chi connectivity index (χ2n) is 7.62. The number of fused-ring (bicyclic) bond motifs is 1. The van der Waals surface area contributed by atoms with Crippen molar-refractivity contribution in [2.24, 2.45) is 0 Å². The molecule has 1 atom stereocenters. The van der Waals surface area contributed by atoms with Crippen LogP contribution in [0.25, 0.3) is 0 Å². The minimum atomic E-state index is -0.839. The SMILES string of the molecule is CC1Cc2cc(CNC(=O)N3CCC(O)(c4ccccc4)CC3)ccc2O1. The lowest BCUT2D eigenvalue weighted by molar-refractivity contribution is -0.0168. The predicted molar refractivity (Wildman–Crippen MR) is 104 cm³/mol. The molecule has 2 aromatic carbocycles. The van der Waals surface area contributed by atoms with Gasteiger partial charge in [-0.2, -0.15) is 0 Å². The molecule has 1 unspecified atom stereocenters. The maximum Gasteiger partial charge on any atom is 0.317 e. The van der Waals surface area contributed by atoms with Gasteiger partial charge in [0.25, 0.3) is 0 Å². The summed E-state index contributed by atoms with van der Waals surface area (Å²) in [7, 11) is 0. The van der Waals surface area contributed by atoms with Crippen LogP contribution in [0.15, 0.2) is 48.5 Å². The number of urea groups is 1. The van der Waals surface area contributed by atoms with Gasteiger partial charge in [0.05, 0.1) is 5.60 Å². The number of nitrogens with one attached hydrogen (secondary N) is 1. The molecule has 0 bridgehead atoms. The molecule has 2 aromatic rings. The predicted octanol–water partition coefficient (Wildman–Crippen LogP) is 3.20. The van der Waals surface area contributed by atoms with Crippen LogP contribution in [0, 0.1) is 0 Å². The lowest BCUT2D eigenvalue weighted by Crippen LogP contribution is -2.48. The van der Waals surface area contributed by atoms with Crippen LogP contribution in [0.4, 0.5) is 4.79 Å². The fraction of sp³-hybridized carbons (Fsp3) is 0.409. The molecule has 5 nitrogen and oxygen atoms in total. The van der Waals surface area contributed by atoms with Gasteiger partial charge in [-0.1, -0.05) is 42.5 Å². The molecule has 0 aromatic heterocycles. The molecule has 2 amide bonds. The van der Waals surface area contributed by atoms with Gasteiger partial charge >= 0.3 is 6.03 Å². The van der Waals surface area contributed by atoms with Crippen LogP contribution in [0.3, 0.4) is 0 Å². The number of aliphatic hydroxyl groups is 1. The Kier molecular flexibility index (Phi) is 4.79. The van der Waals surface area contributed by atoms with E-state index in [2.05, 4.69) is 18.3 Å². The van der Waals surface area contributed by atoms with Crippen LogP contribution in [-0.2, 0) is 18.6 Å². The van der Waals surface area contributed by atoms with Crippen molar-refractivity contribution < 1.29 is 14.6 Å². The molecule has 2 aliphatic rings. The molecule has 142 valence electrons. The zero-order valence-corrected chi connectivity index (χ0v) is 15.6. The van der Waals surface area contributed by atoms with Crippen molar-refractivity contribution in [3.05, 3.63) is 65.2 Å². The van der Waals surface area contributed by atoms with Crippen LogP contribution in [0.1, 0.15) is 36.5 Å². The van der Waals surface area contributed by atoms with E-state index in [1.165, 1.54) is 5.56 Å². The number of likely N-dealkylation sites (tertiary alicyclic amines) is 1. The quantitative estimate of drug-likeness (QED) is 0.877. The lowest BCUT2D eigenvalue weighted by atomic mass is 9.84. The maximum atomic E-state index is 12.5. The molecule has 2 heterocycles. The highest BCUT2D eigenvalue weighted by molar-refractivity contribution is 5.74. The first kappa shape index (κ1) is 17.9. The summed E-state index contributed by atoms with van der Waals surface area (Å²) in [6, 6.07) is 15.8. The summed E-state index contributed by atoms with van der Waals surface area (Å²) in [5.41, 5.74) is 2.38. The van der Waals surface area contributed by atoms with Crippen molar-refractivity contribution in [1.29, 1.82) is 0 Å². The second kappa shape index (κ2) is 7.24. The Morgan fingerprint density at radius 3 is 2.70 bits per heavy atom. The fourth-order valence-corrected chi connectivity index (χ4v) is 3.99. The highest BCUT2D eigenvalue weighted by atomic mass is 16.5. The number of hydrogen-bond donors (Lipinski definition) is 2. The van der Waals surface area contributed by atoms with E-state index in [1.54, 1.807) is 4.90 Å². The molecular formula is C22H26N2O3. The highest BCUT2D eigenvalue weighted by Gasteiger charge is 2.35. The molecular weight excluding hydrogens is 340 g/mol. The van der Waals surface area contributed by atoms with E-state index in [9.17, 15) is 9.90 Å². The van der Waals surface area contributed by atoms with E-state index < -0.39 is 5.60 Å². The molecule has 1 fully saturated rings. The highest BCUT2D eigenvalue weighted by Crippen LogP contribution is 2.33. The number of carbonyl (C=O) groups is 1. The van der Waals surface area contributed by atoms with E-state index in [0.29, 0.717) is 32.5 Å². The molecule has 2 N–H and O–H groups in total. The average molecular weight is 366 g/mol. The van der Waals surface area contributed by atoms with Crippen molar-refractivity contribution in [3.63, 3.8) is 0 Å². The number of amides is 2. The molecule has 0 radical (unpaired) electrons. The number of rotatable bonds is 3. The largest absolute Gasteiger partial charge is 0.490 e. The van der Waals surface area contributed by atoms with Gasteiger partial charge in [-0.15, -0.1) is 0 Å². The summed E-state index contributed by atoms with van der Waals surface area (Å²) in [5.74, 6) is 0.953. The Hall–Kier alpha value is -2.53. The van der Waals surface area contributed by atoms with Crippen molar-refractivity contribution in [2.45, 2.75) is 44.4 Å². The molecule has 0 aliphatic carbocycles. The molecule has 1 saturated heterocycles. The van der Waals surface area contributed by atoms with E-state index in [4.69, 9.17) is 4.74 Å². The van der Waals surface area contributed by atoms with E-state index in [1.807, 2.05) is 42.5 Å². The number of hydrogen-bond acceptors (Lipinski definition) is 3. The standard InChI is InChI=1S/C22H26N2O3/c1-16-13-18-14-17(7-8-20(18)27-16)15-23-21(25)24-11-9-22(26,10-12-24)19-5-3-2-4-6-19/h2-8,14,16,26H,9-13,15H2,1H3,(H,23,25). The van der Waals surface area contributed by atoms with Gasteiger partial charge < -0.3 is 20.1 Å². The Morgan fingerprint density at radius 2 is 1.96 bits per heavy atom. The summed E-state index contributed by atoms with van der Waals surface area (Å²) in [6.07, 6.45) is 2.25. The number of benzene rings is 2. The smallest absolute Gasteiger partial charge is 0.317 e. The molecule has 0 saturated carbocycles. The molecule has 4 rings (SSSR count). The maximum absolute atomic E-state index is 12.5. The molecule has 0 spiro atoms. The normalized spacial score (nSPS) is 20.7. The topological polar surface area (TPSA) is 61.8 Å². The zero-order chi connectivity index (χ0) is 18.9. The third kappa shape index (κ3) is 3.78. The van der Waals surface area contributed by atoms with Gasteiger partial charge in [0.2, 0.25) is 0 Å². The van der Waals surface area contributed by atoms with Crippen molar-refractivity contribution in [2.75, 3.05) is 13.1 Å². The van der Waals surface area contributed by atoms with Crippen LogP contribution in [0.5, 0.6) is 5.75 Å². The number of nitrogens with zero attached hydrogens (tertiary/aromatic N) is 1. The summed E-state index contributed by atoms with van der Waals surface area (Å²) in [6.45, 7) is 3.66. The van der Waals surface area contributed by atoms with Crippen LogP contribution in [-0.4, -0.2) is 35.2 Å². The molecule has 2 aliphatic heterocycles. The minimum absolute atomic E-state index is 0.0739. The van der Waals surface area contributed by atoms with Gasteiger partial charge in [0.1, 0.15) is 11.9 Å². The zero-order valence-electron chi connectivity index (χ0n) is 15.6. The van der Waals surface area contributed by atoms with Crippen molar-refractivity contribution >= 4 is 6.03 Å². The number of ether oxygens (including phenoxy) is 1. The molecule has 5 heteroatoms. The Balaban J connectivity index is 1.31. The second-order valence-corrected chi connectivity index (χ2v) is 7.62. The first-order chi connectivity index (χ1) is 13.0. The van der Waals surface area contributed by atoms with Crippen molar-refractivity contribution in [3.8, 4) is 5.75 Å². The Morgan fingerprint density at radius 1 is 1.22 bits per heavy atom. The number of carbonyl (C=O) groups excluding carboxylic acids is 1. The minimum Gasteiger partial charge on any atom is -0.490 e. The summed E-state index contributed by atoms with van der Waals surface area (Å²) >= 11 is 0. The van der Waals surface area contributed by atoms with Crippen LogP contribution in [0.2, 0.25) is 0 Å². The van der Waals surface area contributed by atoms with Gasteiger partial charge in [0.15, 0.2) is 0 Å². The van der Waals surface area contributed by atoms with Gasteiger partial charge in [-0.05, 0) is 42.5 Å². The summed E-state index contributed by atoms with van der Waals surface area (Å²) in [5, 5.41) is 13.9. The first-order valence-corrected chi connectivity index (χ1v) is 9.63. The van der Waals surface area contributed by atoms with Crippen molar-refractivity contribution in [1.82, 2.24) is 10.2 Å². The fourth-order valence-electron chi connectivity index (χ4n) is 3.99. The Labute approximate surface area is 160 Å². The first-order valence-electron chi connectivity index (χ1n) is 9.63. The van der Waals surface area contributed by atoms with E-state index in [-0.39, 0.29) is 12.1 Å². The van der Waals surface area contributed by atoms with Gasteiger partial charge in [0, 0.05) is 26.1 Å². The van der Waals surface area contributed by atoms with Gasteiger partial charge in [-0.25, -0.2) is 4.79 Å². The van der Waals surface area contributed by atoms with Crippen LogP contribution >= 0.6 is 0 Å². The Bertz CT molecular complexity index is 814. The van der Waals surface area contributed by atoms with Crippen LogP contribution < -0.4 is 10.1 Å². The van der Waals surface area contributed by atoms with Gasteiger partial charge in [-0.3, -0.25) is 0 Å². The average Bonchev–Trinajstić information content (AvgIpc) is 3.06. The summed E-state index contributed by atoms with van der Waals surface area (Å²) < 4.78 is 5.72. The third-order valence-electron chi connectivity index (χ3n) is 5.59. The van der Waals surface area contributed by atoms with E-state index >= 15 is 0 Å². The molecule has 27 heavy (non-hydrogen) atoms. The lowest BCUT2D eigenvalue weighted by Gasteiger charge is -2.38. The van der Waals surface area contributed by atoms with E-state index in [0.717, 1.165) is 23.3 Å². The number of piperidine rings is 1.